The molecule has 3 rings (SSSR count). The summed E-state index contributed by atoms with van der Waals surface area (Å²) in [6.07, 6.45) is 0. The molecule has 0 aliphatic carbocycles. The van der Waals surface area contributed by atoms with Crippen molar-refractivity contribution >= 4 is 29.4 Å². The SMILES string of the molecule is COc1cccc(N2C(=O)C3CSCCN3C2=O)c1. The van der Waals surface area contributed by atoms with Crippen LogP contribution in [0.2, 0.25) is 0 Å². The lowest BCUT2D eigenvalue weighted by Gasteiger charge is -2.25. The van der Waals surface area contributed by atoms with Gasteiger partial charge < -0.3 is 9.64 Å². The van der Waals surface area contributed by atoms with Crippen molar-refractivity contribution in [1.82, 2.24) is 4.90 Å². The molecule has 1 unspecified atom stereocenters. The number of nitrogens with zero attached hydrogens (tertiary/aromatic N) is 2. The lowest BCUT2D eigenvalue weighted by molar-refractivity contribution is -0.119. The van der Waals surface area contributed by atoms with Crippen LogP contribution in [0.5, 0.6) is 5.75 Å². The molecule has 0 saturated carbocycles. The van der Waals surface area contributed by atoms with Crippen LogP contribution in [0.25, 0.3) is 0 Å². The van der Waals surface area contributed by atoms with E-state index in [4.69, 9.17) is 4.74 Å². The van der Waals surface area contributed by atoms with Crippen LogP contribution in [-0.4, -0.2) is 48.0 Å². The van der Waals surface area contributed by atoms with Gasteiger partial charge in [0, 0.05) is 24.1 Å². The molecule has 1 atom stereocenters. The molecule has 1 aromatic rings. The number of ether oxygens (including phenoxy) is 1. The summed E-state index contributed by atoms with van der Waals surface area (Å²) in [6.45, 7) is 0.639. The number of hydrogen-bond acceptors (Lipinski definition) is 4. The van der Waals surface area contributed by atoms with Crippen molar-refractivity contribution in [3.8, 4) is 5.75 Å². The average molecular weight is 278 g/mol. The highest BCUT2D eigenvalue weighted by atomic mass is 32.2. The van der Waals surface area contributed by atoms with Gasteiger partial charge in [0.05, 0.1) is 12.8 Å². The van der Waals surface area contributed by atoms with Gasteiger partial charge in [-0.25, -0.2) is 9.69 Å². The highest BCUT2D eigenvalue weighted by Crippen LogP contribution is 2.31. The van der Waals surface area contributed by atoms with Crippen molar-refractivity contribution in [2.45, 2.75) is 6.04 Å². The second kappa shape index (κ2) is 4.77. The molecular formula is C13H14N2O3S. The molecule has 0 spiro atoms. The topological polar surface area (TPSA) is 49.9 Å². The van der Waals surface area contributed by atoms with Crippen LogP contribution in [-0.2, 0) is 4.79 Å². The standard InChI is InChI=1S/C13H14N2O3S/c1-18-10-4-2-3-9(7-10)15-12(16)11-8-19-6-5-14(11)13(15)17/h2-4,7,11H,5-6,8H2,1H3. The molecule has 0 radical (unpaired) electrons. The maximum absolute atomic E-state index is 12.4. The molecule has 2 aliphatic rings. The number of methoxy groups -OCH3 is 1. The first-order valence-corrected chi connectivity index (χ1v) is 7.24. The summed E-state index contributed by atoms with van der Waals surface area (Å²) in [6, 6.07) is 6.50. The normalized spacial score (nSPS) is 22.7. The first kappa shape index (κ1) is 12.3. The molecule has 0 bridgehead atoms. The molecule has 0 aromatic heterocycles. The zero-order valence-corrected chi connectivity index (χ0v) is 11.4. The van der Waals surface area contributed by atoms with E-state index in [0.29, 0.717) is 23.7 Å². The van der Waals surface area contributed by atoms with Crippen molar-refractivity contribution in [3.05, 3.63) is 24.3 Å². The maximum atomic E-state index is 12.4. The lowest BCUT2D eigenvalue weighted by Crippen LogP contribution is -2.41. The van der Waals surface area contributed by atoms with Gasteiger partial charge in [0.1, 0.15) is 11.8 Å². The van der Waals surface area contributed by atoms with Gasteiger partial charge in [-0.1, -0.05) is 6.07 Å². The molecule has 2 aliphatic heterocycles. The van der Waals surface area contributed by atoms with E-state index in [9.17, 15) is 9.59 Å². The predicted octanol–water partition coefficient (Wildman–Crippen LogP) is 1.58. The Hall–Kier alpha value is -1.69. The summed E-state index contributed by atoms with van der Waals surface area (Å²) in [5, 5.41) is 0. The summed E-state index contributed by atoms with van der Waals surface area (Å²) < 4.78 is 5.14. The fraction of sp³-hybridized carbons (Fsp3) is 0.385. The highest BCUT2D eigenvalue weighted by Gasteiger charge is 2.46. The van der Waals surface area contributed by atoms with Crippen LogP contribution >= 0.6 is 11.8 Å². The van der Waals surface area contributed by atoms with Crippen molar-refractivity contribution in [2.24, 2.45) is 0 Å². The van der Waals surface area contributed by atoms with Gasteiger partial charge in [-0.05, 0) is 12.1 Å². The number of thioether (sulfide) groups is 1. The number of rotatable bonds is 2. The molecule has 6 heteroatoms. The predicted molar refractivity (Wildman–Crippen MR) is 73.7 cm³/mol. The van der Waals surface area contributed by atoms with Crippen molar-refractivity contribution in [1.29, 1.82) is 0 Å². The minimum absolute atomic E-state index is 0.134. The Balaban J connectivity index is 1.95. The number of fused-ring (bicyclic) bond motifs is 1. The Labute approximate surface area is 115 Å². The van der Waals surface area contributed by atoms with Gasteiger partial charge in [-0.15, -0.1) is 0 Å². The molecule has 0 N–H and O–H groups in total. The van der Waals surface area contributed by atoms with Gasteiger partial charge in [0.2, 0.25) is 0 Å². The summed E-state index contributed by atoms with van der Waals surface area (Å²) >= 11 is 1.72. The molecular weight excluding hydrogens is 264 g/mol. The minimum Gasteiger partial charge on any atom is -0.497 e. The highest BCUT2D eigenvalue weighted by molar-refractivity contribution is 7.99. The molecule has 3 amide bonds. The molecule has 2 saturated heterocycles. The smallest absolute Gasteiger partial charge is 0.332 e. The van der Waals surface area contributed by atoms with Crippen molar-refractivity contribution in [2.75, 3.05) is 30.1 Å². The van der Waals surface area contributed by atoms with E-state index in [1.165, 1.54) is 4.90 Å². The molecule has 1 aromatic carbocycles. The third-order valence-corrected chi connectivity index (χ3v) is 4.41. The third kappa shape index (κ3) is 1.96. The minimum atomic E-state index is -0.308. The second-order valence-electron chi connectivity index (χ2n) is 4.44. The number of urea groups is 1. The van der Waals surface area contributed by atoms with E-state index in [2.05, 4.69) is 0 Å². The quantitative estimate of drug-likeness (QED) is 0.771. The van der Waals surface area contributed by atoms with Gasteiger partial charge in [-0.3, -0.25) is 4.79 Å². The van der Waals surface area contributed by atoms with Crippen LogP contribution in [0.3, 0.4) is 0 Å². The van der Waals surface area contributed by atoms with Crippen LogP contribution in [0.15, 0.2) is 24.3 Å². The summed E-state index contributed by atoms with van der Waals surface area (Å²) in [5.74, 6) is 2.08. The molecule has 2 fully saturated rings. The van der Waals surface area contributed by atoms with E-state index >= 15 is 0 Å². The van der Waals surface area contributed by atoms with Crippen LogP contribution in [0.4, 0.5) is 10.5 Å². The Kier molecular flexibility index (Phi) is 3.10. The van der Waals surface area contributed by atoms with E-state index in [-0.39, 0.29) is 18.0 Å². The number of imide groups is 1. The van der Waals surface area contributed by atoms with Gasteiger partial charge in [0.15, 0.2) is 0 Å². The number of anilines is 1. The molecule has 19 heavy (non-hydrogen) atoms. The van der Waals surface area contributed by atoms with Crippen LogP contribution in [0, 0.1) is 0 Å². The van der Waals surface area contributed by atoms with Crippen LogP contribution < -0.4 is 9.64 Å². The Morgan fingerprint density at radius 3 is 2.95 bits per heavy atom. The Bertz CT molecular complexity index is 510. The zero-order valence-electron chi connectivity index (χ0n) is 10.5. The average Bonchev–Trinajstić information content (AvgIpc) is 2.72. The van der Waals surface area contributed by atoms with Crippen molar-refractivity contribution in [3.63, 3.8) is 0 Å². The third-order valence-electron chi connectivity index (χ3n) is 3.38. The second-order valence-corrected chi connectivity index (χ2v) is 5.59. The van der Waals surface area contributed by atoms with Gasteiger partial charge in [0.25, 0.3) is 5.91 Å². The Morgan fingerprint density at radius 2 is 2.21 bits per heavy atom. The van der Waals surface area contributed by atoms with Gasteiger partial charge in [-0.2, -0.15) is 11.8 Å². The Morgan fingerprint density at radius 1 is 1.37 bits per heavy atom. The first-order valence-electron chi connectivity index (χ1n) is 6.09. The number of benzene rings is 1. The van der Waals surface area contributed by atoms with E-state index in [1.807, 2.05) is 0 Å². The summed E-state index contributed by atoms with van der Waals surface area (Å²) in [5.41, 5.74) is 0.578. The van der Waals surface area contributed by atoms with E-state index < -0.39 is 0 Å². The van der Waals surface area contributed by atoms with Gasteiger partial charge >= 0.3 is 6.03 Å². The molecule has 2 heterocycles. The zero-order chi connectivity index (χ0) is 13.4. The number of hydrogen-bond donors (Lipinski definition) is 0. The maximum Gasteiger partial charge on any atom is 0.332 e. The summed E-state index contributed by atoms with van der Waals surface area (Å²) in [4.78, 5) is 27.6. The monoisotopic (exact) mass is 278 g/mol. The first-order chi connectivity index (χ1) is 9.22. The lowest BCUT2D eigenvalue weighted by atomic mass is 10.2. The van der Waals surface area contributed by atoms with E-state index in [0.717, 1.165) is 5.75 Å². The summed E-state index contributed by atoms with van der Waals surface area (Å²) in [7, 11) is 1.56. The number of carbonyl (C=O) groups excluding carboxylic acids is 2. The molecule has 5 nitrogen and oxygen atoms in total. The number of amides is 3. The largest absolute Gasteiger partial charge is 0.497 e. The molecule has 100 valence electrons. The van der Waals surface area contributed by atoms with Crippen LogP contribution in [0.1, 0.15) is 0 Å². The fourth-order valence-electron chi connectivity index (χ4n) is 2.40. The number of carbonyl (C=O) groups is 2. The van der Waals surface area contributed by atoms with E-state index in [1.54, 1.807) is 48.0 Å². The fourth-order valence-corrected chi connectivity index (χ4v) is 3.43. The van der Waals surface area contributed by atoms with Crippen molar-refractivity contribution < 1.29 is 14.3 Å².